The number of hydrogen-bond acceptors (Lipinski definition) is 3. The smallest absolute Gasteiger partial charge is 0.407 e. The second kappa shape index (κ2) is 8.68. The standard InChI is InChI=1S/C24H22ClNO3/c25-17-11-9-16(10-12-17)13-18(14-27)26-24(28)29-15-23-21-7-3-1-5-19(21)20-6-2-4-8-22(20)23/h1-12,18,23,27H,13-15H2,(H,26,28)/t18-/m0/s1. The van der Waals surface area contributed by atoms with Gasteiger partial charge in [0.1, 0.15) is 6.61 Å². The number of alkyl carbamates (subject to hydrolysis) is 1. The minimum Gasteiger partial charge on any atom is -0.449 e. The van der Waals surface area contributed by atoms with Crippen LogP contribution in [0.25, 0.3) is 11.1 Å². The van der Waals surface area contributed by atoms with Crippen LogP contribution in [-0.4, -0.2) is 30.5 Å². The number of amides is 1. The molecule has 0 radical (unpaired) electrons. The summed E-state index contributed by atoms with van der Waals surface area (Å²) in [4.78, 5) is 12.4. The maximum absolute atomic E-state index is 12.4. The Labute approximate surface area is 175 Å². The minimum absolute atomic E-state index is 0.0111. The Hall–Kier alpha value is -2.82. The second-order valence-corrected chi connectivity index (χ2v) is 7.62. The molecule has 1 aliphatic carbocycles. The number of aliphatic hydroxyl groups is 1. The molecule has 1 atom stereocenters. The Bertz CT molecular complexity index is 958. The number of ether oxygens (including phenoxy) is 1. The molecule has 3 aromatic carbocycles. The zero-order valence-electron chi connectivity index (χ0n) is 15.8. The maximum Gasteiger partial charge on any atom is 0.407 e. The van der Waals surface area contributed by atoms with E-state index in [1.807, 2.05) is 36.4 Å². The van der Waals surface area contributed by atoms with Crippen molar-refractivity contribution in [1.82, 2.24) is 5.32 Å². The molecule has 5 heteroatoms. The van der Waals surface area contributed by atoms with Crippen LogP contribution in [0, 0.1) is 0 Å². The third-order valence-corrected chi connectivity index (χ3v) is 5.53. The average Bonchev–Trinajstić information content (AvgIpc) is 3.07. The van der Waals surface area contributed by atoms with Crippen molar-refractivity contribution in [2.45, 2.75) is 18.4 Å². The van der Waals surface area contributed by atoms with Gasteiger partial charge < -0.3 is 15.2 Å². The Morgan fingerprint density at radius 2 is 1.55 bits per heavy atom. The van der Waals surface area contributed by atoms with E-state index in [2.05, 4.69) is 29.6 Å². The summed E-state index contributed by atoms with van der Waals surface area (Å²) in [6.45, 7) is 0.0752. The number of carbonyl (C=O) groups is 1. The summed E-state index contributed by atoms with van der Waals surface area (Å²) in [5.74, 6) is 0.0111. The number of carbonyl (C=O) groups excluding carboxylic acids is 1. The monoisotopic (exact) mass is 407 g/mol. The number of rotatable bonds is 6. The van der Waals surface area contributed by atoms with E-state index in [-0.39, 0.29) is 19.1 Å². The summed E-state index contributed by atoms with van der Waals surface area (Å²) < 4.78 is 5.55. The third kappa shape index (κ3) is 4.29. The lowest BCUT2D eigenvalue weighted by molar-refractivity contribution is 0.132. The van der Waals surface area contributed by atoms with Gasteiger partial charge in [-0.05, 0) is 46.4 Å². The number of nitrogens with one attached hydrogen (secondary N) is 1. The predicted molar refractivity (Wildman–Crippen MR) is 114 cm³/mol. The van der Waals surface area contributed by atoms with Crippen LogP contribution in [-0.2, 0) is 11.2 Å². The van der Waals surface area contributed by atoms with Crippen molar-refractivity contribution in [3.63, 3.8) is 0 Å². The SMILES string of the molecule is O=C(N[C@H](CO)Cc1ccc(Cl)cc1)OCC1c2ccccc2-c2ccccc21. The van der Waals surface area contributed by atoms with Gasteiger partial charge in [0.2, 0.25) is 0 Å². The van der Waals surface area contributed by atoms with Gasteiger partial charge >= 0.3 is 6.09 Å². The summed E-state index contributed by atoms with van der Waals surface area (Å²) >= 11 is 5.90. The van der Waals surface area contributed by atoms with Crippen LogP contribution >= 0.6 is 11.6 Å². The molecule has 4 nitrogen and oxygen atoms in total. The van der Waals surface area contributed by atoms with Crippen molar-refractivity contribution in [2.24, 2.45) is 0 Å². The van der Waals surface area contributed by atoms with Crippen LogP contribution < -0.4 is 5.32 Å². The molecule has 0 aromatic heterocycles. The van der Waals surface area contributed by atoms with Crippen LogP contribution in [0.3, 0.4) is 0 Å². The molecule has 4 rings (SSSR count). The van der Waals surface area contributed by atoms with Gasteiger partial charge in [-0.1, -0.05) is 72.3 Å². The molecular weight excluding hydrogens is 386 g/mol. The van der Waals surface area contributed by atoms with Crippen molar-refractivity contribution >= 4 is 17.7 Å². The Balaban J connectivity index is 1.40. The normalized spacial score (nSPS) is 13.4. The second-order valence-electron chi connectivity index (χ2n) is 7.18. The first-order chi connectivity index (χ1) is 14.2. The zero-order valence-corrected chi connectivity index (χ0v) is 16.6. The van der Waals surface area contributed by atoms with E-state index in [0.29, 0.717) is 11.4 Å². The van der Waals surface area contributed by atoms with E-state index in [1.165, 1.54) is 22.3 Å². The van der Waals surface area contributed by atoms with E-state index in [1.54, 1.807) is 12.1 Å². The van der Waals surface area contributed by atoms with Gasteiger partial charge in [-0.3, -0.25) is 0 Å². The molecule has 29 heavy (non-hydrogen) atoms. The molecule has 0 saturated carbocycles. The molecule has 0 aliphatic heterocycles. The molecule has 0 spiro atoms. The van der Waals surface area contributed by atoms with E-state index < -0.39 is 12.1 Å². The van der Waals surface area contributed by atoms with Crippen molar-refractivity contribution in [3.05, 3.63) is 94.5 Å². The number of hydrogen-bond donors (Lipinski definition) is 2. The molecule has 1 amide bonds. The first kappa shape index (κ1) is 19.5. The van der Waals surface area contributed by atoms with Crippen LogP contribution in [0.15, 0.2) is 72.8 Å². The highest BCUT2D eigenvalue weighted by Gasteiger charge is 2.29. The van der Waals surface area contributed by atoms with Crippen LogP contribution in [0.5, 0.6) is 0 Å². The lowest BCUT2D eigenvalue weighted by atomic mass is 9.98. The molecule has 3 aromatic rings. The van der Waals surface area contributed by atoms with Gasteiger partial charge in [-0.2, -0.15) is 0 Å². The van der Waals surface area contributed by atoms with E-state index in [9.17, 15) is 9.90 Å². The summed E-state index contributed by atoms with van der Waals surface area (Å²) in [5, 5.41) is 13.0. The summed E-state index contributed by atoms with van der Waals surface area (Å²) in [6.07, 6.45) is -0.0300. The Morgan fingerprint density at radius 1 is 0.966 bits per heavy atom. The topological polar surface area (TPSA) is 58.6 Å². The third-order valence-electron chi connectivity index (χ3n) is 5.28. The molecule has 0 bridgehead atoms. The number of benzene rings is 3. The average molecular weight is 408 g/mol. The van der Waals surface area contributed by atoms with Gasteiger partial charge in [-0.15, -0.1) is 0 Å². The van der Waals surface area contributed by atoms with E-state index in [0.717, 1.165) is 5.56 Å². The number of fused-ring (bicyclic) bond motifs is 3. The van der Waals surface area contributed by atoms with E-state index >= 15 is 0 Å². The fraction of sp³-hybridized carbons (Fsp3) is 0.208. The lowest BCUT2D eigenvalue weighted by Gasteiger charge is -2.18. The molecule has 0 fully saturated rings. The summed E-state index contributed by atoms with van der Waals surface area (Å²) in [7, 11) is 0. The first-order valence-corrected chi connectivity index (χ1v) is 10.0. The Morgan fingerprint density at radius 3 is 2.14 bits per heavy atom. The van der Waals surface area contributed by atoms with Gasteiger partial charge in [0.25, 0.3) is 0 Å². The quantitative estimate of drug-likeness (QED) is 0.618. The molecule has 0 unspecified atom stereocenters. The van der Waals surface area contributed by atoms with Crippen molar-refractivity contribution in [1.29, 1.82) is 0 Å². The van der Waals surface area contributed by atoms with Crippen molar-refractivity contribution in [2.75, 3.05) is 13.2 Å². The molecular formula is C24H22ClNO3. The fourth-order valence-electron chi connectivity index (χ4n) is 3.87. The maximum atomic E-state index is 12.4. The van der Waals surface area contributed by atoms with Gasteiger partial charge in [0, 0.05) is 10.9 Å². The minimum atomic E-state index is -0.528. The molecule has 2 N–H and O–H groups in total. The first-order valence-electron chi connectivity index (χ1n) is 9.62. The predicted octanol–water partition coefficient (Wildman–Crippen LogP) is 4.78. The van der Waals surface area contributed by atoms with Gasteiger partial charge in [0.05, 0.1) is 12.6 Å². The molecule has 1 aliphatic rings. The van der Waals surface area contributed by atoms with Gasteiger partial charge in [-0.25, -0.2) is 4.79 Å². The lowest BCUT2D eigenvalue weighted by Crippen LogP contribution is -2.39. The Kier molecular flexibility index (Phi) is 5.84. The number of halogens is 1. The highest BCUT2D eigenvalue weighted by molar-refractivity contribution is 6.30. The highest BCUT2D eigenvalue weighted by Crippen LogP contribution is 2.44. The van der Waals surface area contributed by atoms with E-state index in [4.69, 9.17) is 16.3 Å². The van der Waals surface area contributed by atoms with Gasteiger partial charge in [0.15, 0.2) is 0 Å². The number of aliphatic hydroxyl groups excluding tert-OH is 1. The molecule has 0 saturated heterocycles. The van der Waals surface area contributed by atoms with Crippen LogP contribution in [0.1, 0.15) is 22.6 Å². The van der Waals surface area contributed by atoms with Crippen LogP contribution in [0.2, 0.25) is 5.02 Å². The largest absolute Gasteiger partial charge is 0.449 e. The summed E-state index contributed by atoms with van der Waals surface area (Å²) in [5.41, 5.74) is 5.69. The highest BCUT2D eigenvalue weighted by atomic mass is 35.5. The van der Waals surface area contributed by atoms with Crippen molar-refractivity contribution < 1.29 is 14.6 Å². The van der Waals surface area contributed by atoms with Crippen LogP contribution in [0.4, 0.5) is 4.79 Å². The molecule has 148 valence electrons. The summed E-state index contributed by atoms with van der Waals surface area (Å²) in [6, 6.07) is 23.3. The fourth-order valence-corrected chi connectivity index (χ4v) is 4.00. The molecule has 0 heterocycles. The van der Waals surface area contributed by atoms with Crippen molar-refractivity contribution in [3.8, 4) is 11.1 Å². The zero-order chi connectivity index (χ0) is 20.2.